The van der Waals surface area contributed by atoms with Crippen molar-refractivity contribution in [3.05, 3.63) is 17.8 Å². The van der Waals surface area contributed by atoms with Gasteiger partial charge in [-0.3, -0.25) is 0 Å². The van der Waals surface area contributed by atoms with E-state index in [1.807, 2.05) is 19.1 Å². The van der Waals surface area contributed by atoms with E-state index < -0.39 is 0 Å². The van der Waals surface area contributed by atoms with Crippen LogP contribution in [0.1, 0.15) is 18.5 Å². The zero-order valence-electron chi connectivity index (χ0n) is 8.35. The lowest BCUT2D eigenvalue weighted by molar-refractivity contribution is 0.154. The van der Waals surface area contributed by atoms with Crippen molar-refractivity contribution in [2.45, 2.75) is 25.9 Å². The van der Waals surface area contributed by atoms with Crippen LogP contribution in [0.25, 0.3) is 0 Å². The molecule has 4 heteroatoms. The first-order chi connectivity index (χ1) is 6.75. The number of piperidine rings is 1. The van der Waals surface area contributed by atoms with Gasteiger partial charge in [0.1, 0.15) is 0 Å². The van der Waals surface area contributed by atoms with Crippen molar-refractivity contribution < 1.29 is 5.11 Å². The lowest BCUT2D eigenvalue weighted by Crippen LogP contribution is -2.38. The second kappa shape index (κ2) is 3.92. The van der Waals surface area contributed by atoms with Gasteiger partial charge in [-0.15, -0.1) is 5.10 Å². The maximum atomic E-state index is 9.51. The van der Waals surface area contributed by atoms with Gasteiger partial charge in [-0.2, -0.15) is 5.10 Å². The van der Waals surface area contributed by atoms with Crippen LogP contribution in [0, 0.1) is 6.92 Å². The first kappa shape index (κ1) is 9.40. The molecule has 0 bridgehead atoms. The molecule has 2 rings (SSSR count). The smallest absolute Gasteiger partial charge is 0.151 e. The monoisotopic (exact) mass is 193 g/mol. The number of nitrogens with zero attached hydrogens (tertiary/aromatic N) is 3. The lowest BCUT2D eigenvalue weighted by atomic mass is 10.1. The summed E-state index contributed by atoms with van der Waals surface area (Å²) in [7, 11) is 0. The predicted molar refractivity (Wildman–Crippen MR) is 54.2 cm³/mol. The maximum absolute atomic E-state index is 9.51. The quantitative estimate of drug-likeness (QED) is 0.715. The number of aliphatic hydroxyl groups excluding tert-OH is 1. The van der Waals surface area contributed by atoms with Gasteiger partial charge in [0.2, 0.25) is 0 Å². The van der Waals surface area contributed by atoms with Crippen molar-refractivity contribution in [2.75, 3.05) is 18.0 Å². The van der Waals surface area contributed by atoms with E-state index in [0.717, 1.165) is 30.9 Å². The molecule has 1 fully saturated rings. The summed E-state index contributed by atoms with van der Waals surface area (Å²) >= 11 is 0. The van der Waals surface area contributed by atoms with Crippen LogP contribution in [-0.4, -0.2) is 34.5 Å². The summed E-state index contributed by atoms with van der Waals surface area (Å²) in [4.78, 5) is 2.08. The van der Waals surface area contributed by atoms with Gasteiger partial charge in [-0.25, -0.2) is 0 Å². The van der Waals surface area contributed by atoms with Crippen molar-refractivity contribution in [3.63, 3.8) is 0 Å². The summed E-state index contributed by atoms with van der Waals surface area (Å²) in [5.74, 6) is 0.870. The van der Waals surface area contributed by atoms with Gasteiger partial charge in [0, 0.05) is 13.1 Å². The molecular formula is C10H15N3O. The minimum atomic E-state index is -0.216. The standard InChI is InChI=1S/C10H15N3O/c1-8-4-5-10(12-11-8)13-6-2-3-9(14)7-13/h4-5,9,14H,2-3,6-7H2,1H3/t9-/m0/s1. The zero-order valence-corrected chi connectivity index (χ0v) is 8.35. The number of rotatable bonds is 1. The summed E-state index contributed by atoms with van der Waals surface area (Å²) in [5, 5.41) is 17.6. The molecule has 1 atom stereocenters. The lowest BCUT2D eigenvalue weighted by Gasteiger charge is -2.30. The number of hydrogen-bond acceptors (Lipinski definition) is 4. The Morgan fingerprint density at radius 2 is 2.29 bits per heavy atom. The fourth-order valence-electron chi connectivity index (χ4n) is 1.72. The number of β-amino-alcohol motifs (C(OH)–C–C–N with tert-alkyl or cyclic N) is 1. The average Bonchev–Trinajstić information content (AvgIpc) is 2.19. The van der Waals surface area contributed by atoms with Gasteiger partial charge in [-0.1, -0.05) is 0 Å². The van der Waals surface area contributed by atoms with Crippen LogP contribution in [-0.2, 0) is 0 Å². The second-order valence-corrected chi connectivity index (χ2v) is 3.77. The van der Waals surface area contributed by atoms with E-state index in [9.17, 15) is 5.11 Å². The molecule has 1 N–H and O–H groups in total. The molecule has 0 amide bonds. The third-order valence-electron chi connectivity index (χ3n) is 2.50. The molecule has 1 aliphatic heterocycles. The second-order valence-electron chi connectivity index (χ2n) is 3.77. The van der Waals surface area contributed by atoms with Gasteiger partial charge in [0.15, 0.2) is 5.82 Å². The molecule has 14 heavy (non-hydrogen) atoms. The molecule has 0 unspecified atom stereocenters. The zero-order chi connectivity index (χ0) is 9.97. The molecule has 1 saturated heterocycles. The van der Waals surface area contributed by atoms with Crippen LogP contribution in [0.4, 0.5) is 5.82 Å². The van der Waals surface area contributed by atoms with Gasteiger partial charge in [0.05, 0.1) is 11.8 Å². The van der Waals surface area contributed by atoms with Crippen molar-refractivity contribution in [1.82, 2.24) is 10.2 Å². The highest BCUT2D eigenvalue weighted by Gasteiger charge is 2.18. The van der Waals surface area contributed by atoms with Gasteiger partial charge >= 0.3 is 0 Å². The number of aromatic nitrogens is 2. The third-order valence-corrected chi connectivity index (χ3v) is 2.50. The molecule has 1 aromatic rings. The van der Waals surface area contributed by atoms with Crippen LogP contribution in [0.5, 0.6) is 0 Å². The number of anilines is 1. The van der Waals surface area contributed by atoms with Crippen LogP contribution >= 0.6 is 0 Å². The van der Waals surface area contributed by atoms with Crippen LogP contribution in [0.15, 0.2) is 12.1 Å². The molecule has 0 saturated carbocycles. The van der Waals surface area contributed by atoms with E-state index in [2.05, 4.69) is 15.1 Å². The summed E-state index contributed by atoms with van der Waals surface area (Å²) in [5.41, 5.74) is 0.923. The highest BCUT2D eigenvalue weighted by Crippen LogP contribution is 2.16. The van der Waals surface area contributed by atoms with Crippen molar-refractivity contribution >= 4 is 5.82 Å². The fourth-order valence-corrected chi connectivity index (χ4v) is 1.72. The van der Waals surface area contributed by atoms with Crippen LogP contribution in [0.3, 0.4) is 0 Å². The Bertz CT molecular complexity index is 299. The first-order valence-electron chi connectivity index (χ1n) is 4.99. The molecular weight excluding hydrogens is 178 g/mol. The average molecular weight is 193 g/mol. The third kappa shape index (κ3) is 2.01. The Hall–Kier alpha value is -1.16. The fraction of sp³-hybridized carbons (Fsp3) is 0.600. The Balaban J connectivity index is 2.10. The maximum Gasteiger partial charge on any atom is 0.151 e. The van der Waals surface area contributed by atoms with Crippen LogP contribution in [0.2, 0.25) is 0 Å². The van der Waals surface area contributed by atoms with Gasteiger partial charge in [-0.05, 0) is 31.9 Å². The summed E-state index contributed by atoms with van der Waals surface area (Å²) < 4.78 is 0. The van der Waals surface area contributed by atoms with E-state index in [4.69, 9.17) is 0 Å². The Morgan fingerprint density at radius 1 is 1.43 bits per heavy atom. The molecule has 0 aromatic carbocycles. The number of aliphatic hydroxyl groups is 1. The SMILES string of the molecule is Cc1ccc(N2CCC[C@H](O)C2)nn1. The Morgan fingerprint density at radius 3 is 2.93 bits per heavy atom. The minimum Gasteiger partial charge on any atom is -0.391 e. The van der Waals surface area contributed by atoms with Crippen LogP contribution < -0.4 is 4.90 Å². The van der Waals surface area contributed by atoms with E-state index in [1.165, 1.54) is 0 Å². The molecule has 76 valence electrons. The van der Waals surface area contributed by atoms with Gasteiger partial charge < -0.3 is 10.0 Å². The molecule has 1 aliphatic rings. The molecule has 0 spiro atoms. The predicted octanol–water partition coefficient (Wildman–Crippen LogP) is 0.746. The molecule has 2 heterocycles. The van der Waals surface area contributed by atoms with Crippen molar-refractivity contribution in [3.8, 4) is 0 Å². The minimum absolute atomic E-state index is 0.216. The topological polar surface area (TPSA) is 49.2 Å². The van der Waals surface area contributed by atoms with E-state index in [1.54, 1.807) is 0 Å². The largest absolute Gasteiger partial charge is 0.391 e. The summed E-state index contributed by atoms with van der Waals surface area (Å²) in [6.07, 6.45) is 1.71. The number of hydrogen-bond donors (Lipinski definition) is 1. The summed E-state index contributed by atoms with van der Waals surface area (Å²) in [6.45, 7) is 3.56. The van der Waals surface area contributed by atoms with E-state index in [0.29, 0.717) is 6.54 Å². The molecule has 0 aliphatic carbocycles. The van der Waals surface area contributed by atoms with E-state index >= 15 is 0 Å². The Labute approximate surface area is 83.6 Å². The highest BCUT2D eigenvalue weighted by molar-refractivity contribution is 5.37. The van der Waals surface area contributed by atoms with Crippen molar-refractivity contribution in [1.29, 1.82) is 0 Å². The molecule has 4 nitrogen and oxygen atoms in total. The van der Waals surface area contributed by atoms with E-state index in [-0.39, 0.29) is 6.10 Å². The van der Waals surface area contributed by atoms with Crippen molar-refractivity contribution in [2.24, 2.45) is 0 Å². The van der Waals surface area contributed by atoms with Gasteiger partial charge in [0.25, 0.3) is 0 Å². The molecule has 1 aromatic heterocycles. The Kier molecular flexibility index (Phi) is 2.63. The number of aryl methyl sites for hydroxylation is 1. The normalized spacial score (nSPS) is 22.4. The highest BCUT2D eigenvalue weighted by atomic mass is 16.3. The summed E-state index contributed by atoms with van der Waals surface area (Å²) in [6, 6.07) is 3.91. The first-order valence-corrected chi connectivity index (χ1v) is 4.99. The molecule has 0 radical (unpaired) electrons.